The van der Waals surface area contributed by atoms with Crippen molar-refractivity contribution in [1.29, 1.82) is 0 Å². The second-order valence-electron chi connectivity index (χ2n) is 6.35. The number of halogens is 1. The molecule has 1 fully saturated rings. The van der Waals surface area contributed by atoms with Crippen molar-refractivity contribution >= 4 is 39.1 Å². The summed E-state index contributed by atoms with van der Waals surface area (Å²) in [4.78, 5) is 26.1. The van der Waals surface area contributed by atoms with Crippen molar-refractivity contribution in [2.45, 2.75) is 32.8 Å². The largest absolute Gasteiger partial charge is 0.481 e. The Morgan fingerprint density at radius 1 is 1.23 bits per heavy atom. The molecule has 1 N–H and O–H groups in total. The van der Waals surface area contributed by atoms with Crippen molar-refractivity contribution in [1.82, 2.24) is 0 Å². The number of nitrogens with one attached hydrogen (secondary N) is 1. The molecule has 136 valence electrons. The van der Waals surface area contributed by atoms with Crippen molar-refractivity contribution in [3.05, 3.63) is 52.5 Å². The Morgan fingerprint density at radius 3 is 2.58 bits per heavy atom. The molecule has 2 aromatic rings. The van der Waals surface area contributed by atoms with E-state index in [1.807, 2.05) is 37.3 Å². The standard InChI is InChI=1S/C20H21BrN2O3/c1-13-12-16(7-10-18(13)23-11-3-4-19(23)24)22-20(25)14(2)26-17-8-5-15(21)6-9-17/h5-10,12,14H,3-4,11H2,1-2H3,(H,22,25)/t14-/m0/s1. The number of aryl methyl sites for hydroxylation is 1. The molecule has 0 saturated carbocycles. The quantitative estimate of drug-likeness (QED) is 0.790. The zero-order chi connectivity index (χ0) is 18.7. The van der Waals surface area contributed by atoms with Gasteiger partial charge in [-0.2, -0.15) is 0 Å². The summed E-state index contributed by atoms with van der Waals surface area (Å²) in [5, 5.41) is 2.87. The monoisotopic (exact) mass is 416 g/mol. The first kappa shape index (κ1) is 18.5. The van der Waals surface area contributed by atoms with Crippen LogP contribution in [0.25, 0.3) is 0 Å². The normalized spacial score (nSPS) is 15.0. The molecule has 0 bridgehead atoms. The van der Waals surface area contributed by atoms with Crippen LogP contribution in [0, 0.1) is 6.92 Å². The highest BCUT2D eigenvalue weighted by Crippen LogP contribution is 2.27. The summed E-state index contributed by atoms with van der Waals surface area (Å²) in [6.07, 6.45) is 0.862. The number of benzene rings is 2. The van der Waals surface area contributed by atoms with Crippen LogP contribution in [0.1, 0.15) is 25.3 Å². The van der Waals surface area contributed by atoms with Crippen LogP contribution in [-0.2, 0) is 9.59 Å². The van der Waals surface area contributed by atoms with Gasteiger partial charge in [0.2, 0.25) is 5.91 Å². The Bertz CT molecular complexity index is 820. The third-order valence-corrected chi connectivity index (χ3v) is 4.85. The third-order valence-electron chi connectivity index (χ3n) is 4.32. The highest BCUT2D eigenvalue weighted by atomic mass is 79.9. The molecule has 0 spiro atoms. The van der Waals surface area contributed by atoms with Crippen LogP contribution in [0.5, 0.6) is 5.75 Å². The fourth-order valence-corrected chi connectivity index (χ4v) is 3.22. The van der Waals surface area contributed by atoms with Crippen LogP contribution in [0.4, 0.5) is 11.4 Å². The molecule has 1 aliphatic heterocycles. The first-order valence-electron chi connectivity index (χ1n) is 8.58. The van der Waals surface area contributed by atoms with E-state index >= 15 is 0 Å². The Labute approximate surface area is 161 Å². The summed E-state index contributed by atoms with van der Waals surface area (Å²) < 4.78 is 6.62. The van der Waals surface area contributed by atoms with Crippen LogP contribution in [0.15, 0.2) is 46.9 Å². The molecule has 0 radical (unpaired) electrons. The average Bonchev–Trinajstić information content (AvgIpc) is 3.03. The molecule has 2 aromatic carbocycles. The van der Waals surface area contributed by atoms with E-state index in [1.165, 1.54) is 0 Å². The summed E-state index contributed by atoms with van der Waals surface area (Å²) in [6, 6.07) is 12.9. The molecule has 2 amide bonds. The lowest BCUT2D eigenvalue weighted by molar-refractivity contribution is -0.122. The molecule has 6 heteroatoms. The predicted octanol–water partition coefficient (Wildman–Crippen LogP) is 4.29. The van der Waals surface area contributed by atoms with Gasteiger partial charge >= 0.3 is 0 Å². The number of anilines is 2. The van der Waals surface area contributed by atoms with Gasteiger partial charge in [0.25, 0.3) is 5.91 Å². The SMILES string of the molecule is Cc1cc(NC(=O)[C@H](C)Oc2ccc(Br)cc2)ccc1N1CCCC1=O. The minimum absolute atomic E-state index is 0.154. The van der Waals surface area contributed by atoms with E-state index in [1.54, 1.807) is 24.0 Å². The van der Waals surface area contributed by atoms with Crippen LogP contribution in [0.2, 0.25) is 0 Å². The van der Waals surface area contributed by atoms with Gasteiger partial charge in [0, 0.05) is 28.8 Å². The van der Waals surface area contributed by atoms with Gasteiger partial charge in [-0.05, 0) is 68.3 Å². The number of carbonyl (C=O) groups is 2. The summed E-state index contributed by atoms with van der Waals surface area (Å²) in [5.74, 6) is 0.564. The van der Waals surface area contributed by atoms with Crippen molar-refractivity contribution < 1.29 is 14.3 Å². The zero-order valence-corrected chi connectivity index (χ0v) is 16.4. The Balaban J connectivity index is 1.64. The van der Waals surface area contributed by atoms with Crippen molar-refractivity contribution in [2.24, 2.45) is 0 Å². The summed E-state index contributed by atoms with van der Waals surface area (Å²) in [7, 11) is 0. The number of carbonyl (C=O) groups excluding carboxylic acids is 2. The van der Waals surface area contributed by atoms with E-state index in [0.717, 1.165) is 28.7 Å². The fourth-order valence-electron chi connectivity index (χ4n) is 2.95. The minimum atomic E-state index is -0.628. The smallest absolute Gasteiger partial charge is 0.265 e. The summed E-state index contributed by atoms with van der Waals surface area (Å²) in [5.41, 5.74) is 2.55. The molecular formula is C20H21BrN2O3. The second-order valence-corrected chi connectivity index (χ2v) is 7.27. The highest BCUT2D eigenvalue weighted by molar-refractivity contribution is 9.10. The Kier molecular flexibility index (Phi) is 5.61. The lowest BCUT2D eigenvalue weighted by Gasteiger charge is -2.20. The van der Waals surface area contributed by atoms with Gasteiger partial charge in [0.15, 0.2) is 6.10 Å². The molecule has 5 nitrogen and oxygen atoms in total. The van der Waals surface area contributed by atoms with Crippen molar-refractivity contribution in [2.75, 3.05) is 16.8 Å². The lowest BCUT2D eigenvalue weighted by atomic mass is 10.1. The molecule has 26 heavy (non-hydrogen) atoms. The first-order valence-corrected chi connectivity index (χ1v) is 9.37. The van der Waals surface area contributed by atoms with Crippen LogP contribution in [-0.4, -0.2) is 24.5 Å². The molecule has 1 heterocycles. The molecule has 3 rings (SSSR count). The Morgan fingerprint density at radius 2 is 1.96 bits per heavy atom. The molecule has 1 aliphatic rings. The molecule has 0 aromatic heterocycles. The topological polar surface area (TPSA) is 58.6 Å². The average molecular weight is 417 g/mol. The first-order chi connectivity index (χ1) is 12.4. The van der Waals surface area contributed by atoms with Gasteiger partial charge in [0.1, 0.15) is 5.75 Å². The van der Waals surface area contributed by atoms with Crippen LogP contribution in [0.3, 0.4) is 0 Å². The lowest BCUT2D eigenvalue weighted by Crippen LogP contribution is -2.30. The van der Waals surface area contributed by atoms with E-state index in [-0.39, 0.29) is 11.8 Å². The highest BCUT2D eigenvalue weighted by Gasteiger charge is 2.23. The molecule has 1 saturated heterocycles. The van der Waals surface area contributed by atoms with E-state index in [0.29, 0.717) is 17.9 Å². The predicted molar refractivity (Wildman–Crippen MR) is 106 cm³/mol. The molecular weight excluding hydrogens is 396 g/mol. The van der Waals surface area contributed by atoms with Gasteiger partial charge < -0.3 is 15.0 Å². The van der Waals surface area contributed by atoms with E-state index in [9.17, 15) is 9.59 Å². The van der Waals surface area contributed by atoms with Gasteiger partial charge in [-0.1, -0.05) is 15.9 Å². The number of ether oxygens (including phenoxy) is 1. The summed E-state index contributed by atoms with van der Waals surface area (Å²) in [6.45, 7) is 4.41. The maximum Gasteiger partial charge on any atom is 0.265 e. The number of nitrogens with zero attached hydrogens (tertiary/aromatic N) is 1. The second kappa shape index (κ2) is 7.91. The van der Waals surface area contributed by atoms with Crippen LogP contribution >= 0.6 is 15.9 Å². The van der Waals surface area contributed by atoms with E-state index in [2.05, 4.69) is 21.2 Å². The summed E-state index contributed by atoms with van der Waals surface area (Å²) >= 11 is 3.37. The Hall–Kier alpha value is -2.34. The number of hydrogen-bond donors (Lipinski definition) is 1. The fraction of sp³-hybridized carbons (Fsp3) is 0.300. The van der Waals surface area contributed by atoms with Gasteiger partial charge in [-0.25, -0.2) is 0 Å². The maximum absolute atomic E-state index is 12.4. The minimum Gasteiger partial charge on any atom is -0.481 e. The number of rotatable bonds is 5. The zero-order valence-electron chi connectivity index (χ0n) is 14.8. The molecule has 1 atom stereocenters. The number of amides is 2. The van der Waals surface area contributed by atoms with Crippen molar-refractivity contribution in [3.63, 3.8) is 0 Å². The van der Waals surface area contributed by atoms with Crippen molar-refractivity contribution in [3.8, 4) is 5.75 Å². The number of hydrogen-bond acceptors (Lipinski definition) is 3. The van der Waals surface area contributed by atoms with Crippen LogP contribution < -0.4 is 15.0 Å². The maximum atomic E-state index is 12.4. The van der Waals surface area contributed by atoms with Gasteiger partial charge in [-0.3, -0.25) is 9.59 Å². The van der Waals surface area contributed by atoms with E-state index in [4.69, 9.17) is 4.74 Å². The van der Waals surface area contributed by atoms with Gasteiger partial charge in [-0.15, -0.1) is 0 Å². The van der Waals surface area contributed by atoms with Gasteiger partial charge in [0.05, 0.1) is 0 Å². The molecule has 0 aliphatic carbocycles. The van der Waals surface area contributed by atoms with E-state index < -0.39 is 6.10 Å². The third kappa shape index (κ3) is 4.25. The molecule has 0 unspecified atom stereocenters.